The van der Waals surface area contributed by atoms with Gasteiger partial charge < -0.3 is 19.9 Å². The number of rotatable bonds is 11. The first-order valence-electron chi connectivity index (χ1n) is 13.4. The van der Waals surface area contributed by atoms with Gasteiger partial charge in [-0.15, -0.1) is 0 Å². The van der Waals surface area contributed by atoms with Crippen LogP contribution < -0.4 is 14.8 Å². The van der Waals surface area contributed by atoms with Crippen molar-refractivity contribution in [3.8, 4) is 17.2 Å². The number of phenolic OH excluding ortho intramolecular Hbond substituents is 1. The molecule has 0 saturated carbocycles. The summed E-state index contributed by atoms with van der Waals surface area (Å²) < 4.78 is 25.7. The summed E-state index contributed by atoms with van der Waals surface area (Å²) in [5.74, 6) is 1.64. The molecule has 1 fully saturated rings. The first-order valence-corrected chi connectivity index (χ1v) is 13.4. The number of methoxy groups -OCH3 is 1. The molecule has 0 unspecified atom stereocenters. The van der Waals surface area contributed by atoms with Gasteiger partial charge in [0.05, 0.1) is 7.11 Å². The van der Waals surface area contributed by atoms with Gasteiger partial charge in [0.1, 0.15) is 18.1 Å². The number of aromatic hydroxyl groups is 1. The number of fused-ring (bicyclic) bond motifs is 1. The third kappa shape index (κ3) is 6.37. The van der Waals surface area contributed by atoms with Crippen LogP contribution in [0.2, 0.25) is 0 Å². The van der Waals surface area contributed by atoms with Gasteiger partial charge in [0.15, 0.2) is 11.6 Å². The number of hydrogen-bond donors (Lipinski definition) is 2. The van der Waals surface area contributed by atoms with Crippen LogP contribution in [0, 0.1) is 5.82 Å². The molecule has 37 heavy (non-hydrogen) atoms. The van der Waals surface area contributed by atoms with Gasteiger partial charge in [0.2, 0.25) is 0 Å². The van der Waals surface area contributed by atoms with Gasteiger partial charge in [-0.25, -0.2) is 4.39 Å². The van der Waals surface area contributed by atoms with Crippen LogP contribution >= 0.6 is 0 Å². The fourth-order valence-electron chi connectivity index (χ4n) is 5.40. The average molecular weight is 505 g/mol. The number of halogens is 1. The van der Waals surface area contributed by atoms with Crippen molar-refractivity contribution >= 4 is 5.69 Å². The Kier molecular flexibility index (Phi) is 8.15. The third-order valence-electron chi connectivity index (χ3n) is 7.69. The van der Waals surface area contributed by atoms with Crippen LogP contribution in [0.4, 0.5) is 10.1 Å². The topological polar surface area (TPSA) is 54.0 Å². The zero-order valence-electron chi connectivity index (χ0n) is 21.6. The molecular weight excluding hydrogens is 467 g/mol. The van der Waals surface area contributed by atoms with E-state index in [2.05, 4.69) is 28.4 Å². The average Bonchev–Trinajstić information content (AvgIpc) is 2.88. The molecule has 0 radical (unpaired) electrons. The van der Waals surface area contributed by atoms with Crippen LogP contribution in [0.1, 0.15) is 47.4 Å². The minimum absolute atomic E-state index is 0.282. The lowest BCUT2D eigenvalue weighted by Gasteiger charge is -2.30. The summed E-state index contributed by atoms with van der Waals surface area (Å²) in [7, 11) is 1.69. The Morgan fingerprint density at radius 1 is 1.05 bits per heavy atom. The number of nitrogens with zero attached hydrogens (tertiary/aromatic N) is 1. The zero-order chi connectivity index (χ0) is 25.6. The van der Waals surface area contributed by atoms with E-state index in [1.54, 1.807) is 25.3 Å². The highest BCUT2D eigenvalue weighted by Crippen LogP contribution is 2.38. The molecule has 2 aliphatic rings. The summed E-state index contributed by atoms with van der Waals surface area (Å²) in [4.78, 5) is 2.31. The molecule has 6 heteroatoms. The summed E-state index contributed by atoms with van der Waals surface area (Å²) in [6.07, 6.45) is 5.89. The van der Waals surface area contributed by atoms with Crippen LogP contribution in [-0.4, -0.2) is 49.9 Å². The summed E-state index contributed by atoms with van der Waals surface area (Å²) in [6, 6.07) is 17.3. The van der Waals surface area contributed by atoms with E-state index in [1.165, 1.54) is 23.1 Å². The minimum Gasteiger partial charge on any atom is -0.508 e. The van der Waals surface area contributed by atoms with Crippen molar-refractivity contribution in [2.24, 2.45) is 0 Å². The molecular formula is C31H37FN2O3. The van der Waals surface area contributed by atoms with Gasteiger partial charge in [0, 0.05) is 24.8 Å². The molecule has 0 aromatic heterocycles. The van der Waals surface area contributed by atoms with Gasteiger partial charge in [-0.05, 0) is 110 Å². The highest BCUT2D eigenvalue weighted by molar-refractivity contribution is 5.57. The number of hydrogen-bond acceptors (Lipinski definition) is 5. The molecule has 1 aliphatic heterocycles. The Morgan fingerprint density at radius 2 is 1.95 bits per heavy atom. The van der Waals surface area contributed by atoms with Crippen molar-refractivity contribution in [3.05, 3.63) is 82.7 Å². The maximum absolute atomic E-state index is 14.5. The molecule has 0 bridgehead atoms. The van der Waals surface area contributed by atoms with Crippen molar-refractivity contribution in [1.82, 2.24) is 4.90 Å². The fourth-order valence-corrected chi connectivity index (χ4v) is 5.40. The lowest BCUT2D eigenvalue weighted by Crippen LogP contribution is -2.39. The lowest BCUT2D eigenvalue weighted by atomic mass is 9.79. The van der Waals surface area contributed by atoms with Crippen LogP contribution in [0.25, 0.3) is 0 Å². The van der Waals surface area contributed by atoms with Crippen LogP contribution in [-0.2, 0) is 19.3 Å². The quantitative estimate of drug-likeness (QED) is 0.317. The molecule has 3 aromatic rings. The number of nitrogens with one attached hydrogen (secondary N) is 1. The van der Waals surface area contributed by atoms with E-state index >= 15 is 0 Å². The monoisotopic (exact) mass is 504 g/mol. The molecule has 3 aromatic carbocycles. The Bertz CT molecular complexity index is 1210. The number of benzene rings is 3. The van der Waals surface area contributed by atoms with E-state index in [9.17, 15) is 9.50 Å². The second-order valence-electron chi connectivity index (χ2n) is 10.2. The largest absolute Gasteiger partial charge is 0.508 e. The summed E-state index contributed by atoms with van der Waals surface area (Å²) in [6.45, 7) is 4.41. The molecule has 1 atom stereocenters. The first-order chi connectivity index (χ1) is 18.1. The zero-order valence-corrected chi connectivity index (χ0v) is 21.6. The van der Waals surface area contributed by atoms with Crippen molar-refractivity contribution in [1.29, 1.82) is 0 Å². The van der Waals surface area contributed by atoms with Crippen molar-refractivity contribution in [3.63, 3.8) is 0 Å². The second kappa shape index (κ2) is 11.9. The number of anilines is 1. The molecule has 1 saturated heterocycles. The van der Waals surface area contributed by atoms with E-state index in [0.29, 0.717) is 24.0 Å². The van der Waals surface area contributed by atoms with E-state index < -0.39 is 0 Å². The van der Waals surface area contributed by atoms with Crippen LogP contribution in [0.5, 0.6) is 17.2 Å². The third-order valence-corrected chi connectivity index (χ3v) is 7.69. The summed E-state index contributed by atoms with van der Waals surface area (Å²) >= 11 is 0. The highest BCUT2D eigenvalue weighted by atomic mass is 19.1. The predicted octanol–water partition coefficient (Wildman–Crippen LogP) is 5.94. The van der Waals surface area contributed by atoms with Crippen LogP contribution in [0.15, 0.2) is 54.6 Å². The standard InChI is InChI=1S/C31H37FN2O3/c1-36-27-10-11-28(25-7-6-24-20-26(35)9-8-23(24)19-25)30(21-27)33-13-2-4-22-5-12-31(29(32)18-22)37-17-16-34-14-3-15-34/h5,8-12,18,20-21,25,33,35H,2-4,6-7,13-17,19H2,1H3/t25-/m1/s1. The number of aryl methyl sites for hydroxylation is 2. The molecule has 1 aliphatic carbocycles. The predicted molar refractivity (Wildman–Crippen MR) is 146 cm³/mol. The SMILES string of the molecule is COc1ccc([C@@H]2CCc3cc(O)ccc3C2)c(NCCCc2ccc(OCCN3CCC3)c(F)c2)c1. The van der Waals surface area contributed by atoms with Crippen molar-refractivity contribution < 1.29 is 19.0 Å². The fraction of sp³-hybridized carbons (Fsp3) is 0.419. The number of phenols is 1. The van der Waals surface area contributed by atoms with Gasteiger partial charge in [-0.1, -0.05) is 18.2 Å². The Morgan fingerprint density at radius 3 is 2.73 bits per heavy atom. The molecule has 2 N–H and O–H groups in total. The summed E-state index contributed by atoms with van der Waals surface area (Å²) in [5.41, 5.74) is 5.94. The smallest absolute Gasteiger partial charge is 0.165 e. The van der Waals surface area contributed by atoms with E-state index in [0.717, 1.165) is 75.3 Å². The molecule has 5 rings (SSSR count). The number of likely N-dealkylation sites (tertiary alicyclic amines) is 1. The molecule has 5 nitrogen and oxygen atoms in total. The molecule has 0 amide bonds. The van der Waals surface area contributed by atoms with Crippen molar-refractivity contribution in [2.45, 2.75) is 44.4 Å². The van der Waals surface area contributed by atoms with Gasteiger partial charge in [0.25, 0.3) is 0 Å². The number of ether oxygens (including phenoxy) is 2. The normalized spacial score (nSPS) is 17.1. The minimum atomic E-state index is -0.282. The first kappa shape index (κ1) is 25.4. The summed E-state index contributed by atoms with van der Waals surface area (Å²) in [5, 5.41) is 13.4. The Balaban J connectivity index is 1.16. The van der Waals surface area contributed by atoms with Crippen LogP contribution in [0.3, 0.4) is 0 Å². The second-order valence-corrected chi connectivity index (χ2v) is 10.2. The van der Waals surface area contributed by atoms with E-state index in [1.807, 2.05) is 18.2 Å². The highest BCUT2D eigenvalue weighted by Gasteiger charge is 2.23. The Labute approximate surface area is 219 Å². The molecule has 196 valence electrons. The molecule has 1 heterocycles. The van der Waals surface area contributed by atoms with Gasteiger partial charge in [-0.2, -0.15) is 0 Å². The lowest BCUT2D eigenvalue weighted by molar-refractivity contribution is 0.145. The van der Waals surface area contributed by atoms with Gasteiger partial charge >= 0.3 is 0 Å². The van der Waals surface area contributed by atoms with E-state index in [-0.39, 0.29) is 5.82 Å². The Hall–Kier alpha value is -3.25. The van der Waals surface area contributed by atoms with E-state index in [4.69, 9.17) is 9.47 Å². The van der Waals surface area contributed by atoms with Crippen molar-refractivity contribution in [2.75, 3.05) is 45.2 Å². The maximum atomic E-state index is 14.5. The van der Waals surface area contributed by atoms with Gasteiger partial charge in [-0.3, -0.25) is 4.90 Å². The molecule has 0 spiro atoms. The maximum Gasteiger partial charge on any atom is 0.165 e.